The number of carbonyl (C=O) groups excluding carboxylic acids is 2. The molecule has 0 bridgehead atoms. The zero-order valence-corrected chi connectivity index (χ0v) is 15.2. The molecule has 126 valence electrons. The summed E-state index contributed by atoms with van der Waals surface area (Å²) in [5, 5.41) is 0. The van der Waals surface area contributed by atoms with Crippen LogP contribution in [0.1, 0.15) is 62.3 Å². The van der Waals surface area contributed by atoms with Gasteiger partial charge in [-0.3, -0.25) is 9.59 Å². The van der Waals surface area contributed by atoms with Gasteiger partial charge < -0.3 is 4.74 Å². The van der Waals surface area contributed by atoms with E-state index < -0.39 is 10.8 Å². The molecule has 3 nitrogen and oxygen atoms in total. The molecule has 1 aliphatic rings. The lowest BCUT2D eigenvalue weighted by atomic mass is 9.58. The molecular weight excluding hydrogens is 288 g/mol. The van der Waals surface area contributed by atoms with Crippen molar-refractivity contribution < 1.29 is 14.3 Å². The Bertz CT molecular complexity index is 613. The second-order valence-corrected chi connectivity index (χ2v) is 7.38. The van der Waals surface area contributed by atoms with Gasteiger partial charge in [0, 0.05) is 5.41 Å². The second-order valence-electron chi connectivity index (χ2n) is 7.38. The highest BCUT2D eigenvalue weighted by Gasteiger charge is 2.56. The van der Waals surface area contributed by atoms with E-state index in [9.17, 15) is 9.59 Å². The third-order valence-electron chi connectivity index (χ3n) is 5.18. The molecule has 0 N–H and O–H groups in total. The molecule has 1 fully saturated rings. The lowest BCUT2D eigenvalue weighted by molar-refractivity contribution is -0.168. The van der Waals surface area contributed by atoms with E-state index in [2.05, 4.69) is 19.1 Å². The number of hydrogen-bond donors (Lipinski definition) is 0. The Morgan fingerprint density at radius 2 is 1.65 bits per heavy atom. The van der Waals surface area contributed by atoms with Crippen LogP contribution in [0.3, 0.4) is 0 Å². The minimum atomic E-state index is -0.941. The van der Waals surface area contributed by atoms with Gasteiger partial charge in [-0.05, 0) is 71.1 Å². The van der Waals surface area contributed by atoms with Crippen molar-refractivity contribution in [1.29, 1.82) is 0 Å². The number of esters is 1. The van der Waals surface area contributed by atoms with Crippen molar-refractivity contribution in [3.05, 3.63) is 34.4 Å². The maximum atomic E-state index is 13.4. The van der Waals surface area contributed by atoms with Crippen molar-refractivity contribution in [2.75, 3.05) is 6.61 Å². The number of aryl methyl sites for hydroxylation is 3. The van der Waals surface area contributed by atoms with E-state index in [-0.39, 0.29) is 11.8 Å². The molecule has 23 heavy (non-hydrogen) atoms. The molecule has 0 spiro atoms. The summed E-state index contributed by atoms with van der Waals surface area (Å²) in [6.45, 7) is 12.1. The standard InChI is InChI=1S/C20H28O3/c1-7-23-18(22)20(9-8-10-20)17(21)19(5,6)16-14(3)11-13(2)12-15(16)4/h11-12H,7-10H2,1-6H3. The minimum Gasteiger partial charge on any atom is -0.465 e. The molecule has 0 heterocycles. The molecule has 0 aliphatic heterocycles. The first-order valence-electron chi connectivity index (χ1n) is 8.47. The molecule has 1 aliphatic carbocycles. The second kappa shape index (κ2) is 6.10. The predicted octanol–water partition coefficient (Wildman–Crippen LogP) is 4.19. The number of ether oxygens (including phenoxy) is 1. The molecule has 1 aromatic carbocycles. The maximum Gasteiger partial charge on any atom is 0.319 e. The van der Waals surface area contributed by atoms with Crippen LogP contribution in [-0.4, -0.2) is 18.4 Å². The van der Waals surface area contributed by atoms with E-state index in [1.165, 1.54) is 5.56 Å². The van der Waals surface area contributed by atoms with Crippen molar-refractivity contribution in [3.63, 3.8) is 0 Å². The molecule has 0 aromatic heterocycles. The number of hydrogen-bond acceptors (Lipinski definition) is 3. The van der Waals surface area contributed by atoms with Crippen LogP contribution in [0.5, 0.6) is 0 Å². The summed E-state index contributed by atoms with van der Waals surface area (Å²) in [6, 6.07) is 4.21. The third kappa shape index (κ3) is 2.82. The Kier molecular flexibility index (Phi) is 4.70. The molecule has 0 unspecified atom stereocenters. The first-order valence-corrected chi connectivity index (χ1v) is 8.47. The number of rotatable bonds is 5. The summed E-state index contributed by atoms with van der Waals surface area (Å²) in [5.41, 5.74) is 2.82. The Morgan fingerprint density at radius 1 is 1.13 bits per heavy atom. The summed E-state index contributed by atoms with van der Waals surface area (Å²) in [4.78, 5) is 25.8. The molecule has 0 amide bonds. The SMILES string of the molecule is CCOC(=O)C1(C(=O)C(C)(C)c2c(C)cc(C)cc2C)CCC1. The molecule has 1 aromatic rings. The van der Waals surface area contributed by atoms with Gasteiger partial charge in [0.15, 0.2) is 5.78 Å². The molecule has 0 saturated heterocycles. The zero-order chi connectivity index (χ0) is 17.4. The van der Waals surface area contributed by atoms with Gasteiger partial charge >= 0.3 is 5.97 Å². The first kappa shape index (κ1) is 17.7. The Hall–Kier alpha value is -1.64. The van der Waals surface area contributed by atoms with Gasteiger partial charge in [-0.1, -0.05) is 24.1 Å². The average molecular weight is 316 g/mol. The van der Waals surface area contributed by atoms with Gasteiger partial charge in [0.05, 0.1) is 6.61 Å². The van der Waals surface area contributed by atoms with Crippen LogP contribution in [-0.2, 0) is 19.7 Å². The first-order chi connectivity index (χ1) is 10.7. The third-order valence-corrected chi connectivity index (χ3v) is 5.18. The molecule has 3 heteroatoms. The highest BCUT2D eigenvalue weighted by molar-refractivity contribution is 6.09. The van der Waals surface area contributed by atoms with Gasteiger partial charge in [0.2, 0.25) is 0 Å². The minimum absolute atomic E-state index is 0.00440. The number of ketones is 1. The fourth-order valence-electron chi connectivity index (χ4n) is 4.20. The lowest BCUT2D eigenvalue weighted by Gasteiger charge is -2.43. The van der Waals surface area contributed by atoms with Crippen molar-refractivity contribution in [3.8, 4) is 0 Å². The summed E-state index contributed by atoms with van der Waals surface area (Å²) >= 11 is 0. The zero-order valence-electron chi connectivity index (χ0n) is 15.2. The molecular formula is C20H28O3. The smallest absolute Gasteiger partial charge is 0.319 e. The van der Waals surface area contributed by atoms with E-state index in [1.54, 1.807) is 6.92 Å². The van der Waals surface area contributed by atoms with Gasteiger partial charge in [-0.2, -0.15) is 0 Å². The van der Waals surface area contributed by atoms with E-state index in [0.717, 1.165) is 23.1 Å². The van der Waals surface area contributed by atoms with E-state index in [1.807, 2.05) is 27.7 Å². The Balaban J connectivity index is 2.47. The molecule has 0 atom stereocenters. The van der Waals surface area contributed by atoms with Crippen LogP contribution < -0.4 is 0 Å². The summed E-state index contributed by atoms with van der Waals surface area (Å²) < 4.78 is 5.22. The van der Waals surface area contributed by atoms with Crippen LogP contribution in [0.25, 0.3) is 0 Å². The van der Waals surface area contributed by atoms with Gasteiger partial charge in [0.25, 0.3) is 0 Å². The number of benzene rings is 1. The van der Waals surface area contributed by atoms with E-state index in [4.69, 9.17) is 4.74 Å². The van der Waals surface area contributed by atoms with E-state index in [0.29, 0.717) is 19.4 Å². The lowest BCUT2D eigenvalue weighted by Crippen LogP contribution is -2.53. The largest absolute Gasteiger partial charge is 0.465 e. The monoisotopic (exact) mass is 316 g/mol. The van der Waals surface area contributed by atoms with E-state index >= 15 is 0 Å². The molecule has 1 saturated carbocycles. The fourth-order valence-corrected chi connectivity index (χ4v) is 4.20. The normalized spacial score (nSPS) is 16.6. The van der Waals surface area contributed by atoms with Crippen molar-refractivity contribution in [2.24, 2.45) is 5.41 Å². The fraction of sp³-hybridized carbons (Fsp3) is 0.600. The van der Waals surface area contributed by atoms with Crippen LogP contribution in [0, 0.1) is 26.2 Å². The number of carbonyl (C=O) groups is 2. The topological polar surface area (TPSA) is 43.4 Å². The average Bonchev–Trinajstić information content (AvgIpc) is 2.35. The highest BCUT2D eigenvalue weighted by Crippen LogP contribution is 2.48. The van der Waals surface area contributed by atoms with Crippen LogP contribution in [0.4, 0.5) is 0 Å². The Morgan fingerprint density at radius 3 is 2.04 bits per heavy atom. The predicted molar refractivity (Wildman–Crippen MR) is 91.6 cm³/mol. The quantitative estimate of drug-likeness (QED) is 0.604. The maximum absolute atomic E-state index is 13.4. The summed E-state index contributed by atoms with van der Waals surface area (Å²) in [6.07, 6.45) is 2.13. The summed E-state index contributed by atoms with van der Waals surface area (Å²) in [5.74, 6) is -0.337. The van der Waals surface area contributed by atoms with Gasteiger partial charge in [-0.25, -0.2) is 0 Å². The highest BCUT2D eigenvalue weighted by atomic mass is 16.5. The molecule has 0 radical (unpaired) electrons. The van der Waals surface area contributed by atoms with Crippen molar-refractivity contribution in [2.45, 2.75) is 66.2 Å². The van der Waals surface area contributed by atoms with Crippen LogP contribution in [0.15, 0.2) is 12.1 Å². The van der Waals surface area contributed by atoms with Crippen LogP contribution >= 0.6 is 0 Å². The Labute approximate surface area is 139 Å². The van der Waals surface area contributed by atoms with Crippen molar-refractivity contribution in [1.82, 2.24) is 0 Å². The van der Waals surface area contributed by atoms with Crippen molar-refractivity contribution >= 4 is 11.8 Å². The van der Waals surface area contributed by atoms with Gasteiger partial charge in [0.1, 0.15) is 5.41 Å². The van der Waals surface area contributed by atoms with Crippen LogP contribution in [0.2, 0.25) is 0 Å². The summed E-state index contributed by atoms with van der Waals surface area (Å²) in [7, 11) is 0. The molecule has 2 rings (SSSR count). The number of Topliss-reactive ketones (excluding diaryl/α,β-unsaturated/α-hetero) is 1. The van der Waals surface area contributed by atoms with Gasteiger partial charge in [-0.15, -0.1) is 0 Å².